The van der Waals surface area contributed by atoms with Gasteiger partial charge in [-0.2, -0.15) is 0 Å². The Kier molecular flexibility index (Phi) is 7.73. The van der Waals surface area contributed by atoms with E-state index in [0.717, 1.165) is 24.0 Å². The minimum atomic E-state index is -1.01. The fourth-order valence-corrected chi connectivity index (χ4v) is 5.54. The summed E-state index contributed by atoms with van der Waals surface area (Å²) in [4.78, 5) is 38.4. The van der Waals surface area contributed by atoms with Crippen LogP contribution in [0.5, 0.6) is 0 Å². The van der Waals surface area contributed by atoms with E-state index in [1.807, 2.05) is 38.1 Å². The average Bonchev–Trinajstić information content (AvgIpc) is 3.42. The average molecular weight is 479 g/mol. The molecule has 0 aliphatic heterocycles. The van der Waals surface area contributed by atoms with Gasteiger partial charge < -0.3 is 20.1 Å². The zero-order valence-corrected chi connectivity index (χ0v) is 20.4. The maximum absolute atomic E-state index is 13.1. The molecule has 2 aromatic carbocycles. The molecule has 2 atom stereocenters. The van der Waals surface area contributed by atoms with Gasteiger partial charge >= 0.3 is 12.1 Å². The Bertz CT molecular complexity index is 1040. The number of fused-ring (bicyclic) bond motifs is 3. The number of alkyl carbamates (subject to hydrolysis) is 1. The first kappa shape index (κ1) is 24.8. The topological polar surface area (TPSA) is 95.9 Å². The Labute approximate surface area is 206 Å². The van der Waals surface area contributed by atoms with Crippen molar-refractivity contribution in [3.8, 4) is 11.1 Å². The van der Waals surface area contributed by atoms with Crippen LogP contribution in [0, 0.1) is 17.8 Å². The van der Waals surface area contributed by atoms with Gasteiger partial charge in [0.15, 0.2) is 0 Å². The molecule has 2 amide bonds. The van der Waals surface area contributed by atoms with E-state index in [1.165, 1.54) is 16.0 Å². The van der Waals surface area contributed by atoms with Gasteiger partial charge in [-0.05, 0) is 46.9 Å². The number of rotatable bonds is 9. The van der Waals surface area contributed by atoms with Crippen LogP contribution in [0.25, 0.3) is 11.1 Å². The number of hydrogen-bond acceptors (Lipinski definition) is 4. The molecule has 1 fully saturated rings. The number of hydrogen-bond donors (Lipinski definition) is 2. The highest BCUT2D eigenvalue weighted by Crippen LogP contribution is 2.44. The highest BCUT2D eigenvalue weighted by Gasteiger charge is 2.36. The third kappa shape index (κ3) is 5.66. The maximum atomic E-state index is 13.1. The third-order valence-corrected chi connectivity index (χ3v) is 7.05. The lowest BCUT2D eigenvalue weighted by molar-refractivity contribution is -0.147. The van der Waals surface area contributed by atoms with E-state index in [2.05, 4.69) is 29.6 Å². The standard InChI is InChI=1S/C28H34N2O5/c1-18(2)15-30(16-26(31)32)27(33)20-13-7-8-19(20)14-29-28(34)35-17-25-23-11-5-3-9-21(23)22-10-4-6-12-24(22)25/h3-6,9-12,18-20,25H,7-8,13-17H2,1-2H3,(H,29,34)(H,31,32)/t19-,20-/m0/s1. The van der Waals surface area contributed by atoms with Crippen LogP contribution in [0.3, 0.4) is 0 Å². The zero-order chi connectivity index (χ0) is 24.9. The Morgan fingerprint density at radius 2 is 1.66 bits per heavy atom. The van der Waals surface area contributed by atoms with Crippen LogP contribution >= 0.6 is 0 Å². The molecule has 0 unspecified atom stereocenters. The first-order valence-electron chi connectivity index (χ1n) is 12.4. The van der Waals surface area contributed by atoms with Crippen molar-refractivity contribution in [3.05, 3.63) is 59.7 Å². The van der Waals surface area contributed by atoms with Gasteiger partial charge in [-0.1, -0.05) is 68.8 Å². The summed E-state index contributed by atoms with van der Waals surface area (Å²) >= 11 is 0. The van der Waals surface area contributed by atoms with Crippen molar-refractivity contribution in [2.45, 2.75) is 39.0 Å². The zero-order valence-electron chi connectivity index (χ0n) is 20.4. The molecule has 186 valence electrons. The lowest BCUT2D eigenvalue weighted by atomic mass is 9.94. The number of amides is 2. The molecule has 35 heavy (non-hydrogen) atoms. The summed E-state index contributed by atoms with van der Waals surface area (Å²) in [6, 6.07) is 16.4. The molecule has 2 aliphatic carbocycles. The first-order valence-corrected chi connectivity index (χ1v) is 12.4. The van der Waals surface area contributed by atoms with Crippen molar-refractivity contribution in [2.75, 3.05) is 26.2 Å². The first-order chi connectivity index (χ1) is 16.8. The number of carboxylic acid groups (broad SMARTS) is 1. The van der Waals surface area contributed by atoms with Crippen LogP contribution in [0.2, 0.25) is 0 Å². The summed E-state index contributed by atoms with van der Waals surface area (Å²) in [7, 11) is 0. The predicted octanol–water partition coefficient (Wildman–Crippen LogP) is 4.51. The van der Waals surface area contributed by atoms with Gasteiger partial charge in [-0.3, -0.25) is 9.59 Å². The summed E-state index contributed by atoms with van der Waals surface area (Å²) in [5.41, 5.74) is 4.67. The number of carbonyl (C=O) groups excluding carboxylic acids is 2. The van der Waals surface area contributed by atoms with E-state index in [0.29, 0.717) is 19.5 Å². The van der Waals surface area contributed by atoms with Crippen molar-refractivity contribution >= 4 is 18.0 Å². The van der Waals surface area contributed by atoms with Crippen molar-refractivity contribution in [1.82, 2.24) is 10.2 Å². The molecule has 0 heterocycles. The van der Waals surface area contributed by atoms with E-state index in [-0.39, 0.29) is 42.7 Å². The smallest absolute Gasteiger partial charge is 0.407 e. The van der Waals surface area contributed by atoms with Gasteiger partial charge in [0.2, 0.25) is 5.91 Å². The summed E-state index contributed by atoms with van der Waals surface area (Å²) in [6.45, 7) is 4.64. The summed E-state index contributed by atoms with van der Waals surface area (Å²) in [5.74, 6) is -1.26. The minimum absolute atomic E-state index is 0.00503. The highest BCUT2D eigenvalue weighted by atomic mass is 16.5. The second-order valence-electron chi connectivity index (χ2n) is 10.0. The summed E-state index contributed by atoms with van der Waals surface area (Å²) in [6.07, 6.45) is 1.93. The lowest BCUT2D eigenvalue weighted by Gasteiger charge is -2.28. The molecule has 0 aromatic heterocycles. The molecule has 0 saturated heterocycles. The van der Waals surface area contributed by atoms with E-state index >= 15 is 0 Å². The van der Waals surface area contributed by atoms with Crippen LogP contribution in [-0.2, 0) is 14.3 Å². The molecule has 4 rings (SSSR count). The number of nitrogens with zero attached hydrogens (tertiary/aromatic N) is 1. The van der Waals surface area contributed by atoms with Gasteiger partial charge in [0.05, 0.1) is 0 Å². The number of carboxylic acids is 1. The van der Waals surface area contributed by atoms with Crippen molar-refractivity contribution in [1.29, 1.82) is 0 Å². The number of ether oxygens (including phenoxy) is 1. The van der Waals surface area contributed by atoms with Gasteiger partial charge in [0.1, 0.15) is 13.2 Å². The van der Waals surface area contributed by atoms with Crippen LogP contribution in [-0.4, -0.2) is 54.2 Å². The van der Waals surface area contributed by atoms with Gasteiger partial charge in [0.25, 0.3) is 0 Å². The fourth-order valence-electron chi connectivity index (χ4n) is 5.54. The quantitative estimate of drug-likeness (QED) is 0.553. The molecule has 2 aromatic rings. The van der Waals surface area contributed by atoms with Crippen LogP contribution < -0.4 is 5.32 Å². The Hall–Kier alpha value is -3.35. The van der Waals surface area contributed by atoms with E-state index in [9.17, 15) is 19.5 Å². The van der Waals surface area contributed by atoms with E-state index in [1.54, 1.807) is 0 Å². The molecule has 0 spiro atoms. The van der Waals surface area contributed by atoms with Crippen LogP contribution in [0.4, 0.5) is 4.79 Å². The largest absolute Gasteiger partial charge is 0.480 e. The lowest BCUT2D eigenvalue weighted by Crippen LogP contribution is -2.44. The van der Waals surface area contributed by atoms with Crippen LogP contribution in [0.1, 0.15) is 50.2 Å². The van der Waals surface area contributed by atoms with E-state index in [4.69, 9.17) is 4.74 Å². The van der Waals surface area contributed by atoms with E-state index < -0.39 is 12.1 Å². The summed E-state index contributed by atoms with van der Waals surface area (Å²) in [5, 5.41) is 12.1. The second kappa shape index (κ2) is 10.9. The fraction of sp³-hybridized carbons (Fsp3) is 0.464. The molecule has 7 heteroatoms. The SMILES string of the molecule is CC(C)CN(CC(=O)O)C(=O)[C@H]1CCC[C@H]1CNC(=O)OCC1c2ccccc2-c2ccccc21. The maximum Gasteiger partial charge on any atom is 0.407 e. The number of nitrogens with one attached hydrogen (secondary N) is 1. The number of aliphatic carboxylic acids is 1. The third-order valence-electron chi connectivity index (χ3n) is 7.05. The van der Waals surface area contributed by atoms with Crippen molar-refractivity contribution in [3.63, 3.8) is 0 Å². The molecular formula is C28H34N2O5. The number of benzene rings is 2. The van der Waals surface area contributed by atoms with Crippen LogP contribution in [0.15, 0.2) is 48.5 Å². The molecule has 0 bridgehead atoms. The Balaban J connectivity index is 1.33. The Morgan fingerprint density at radius 3 is 2.26 bits per heavy atom. The molecule has 2 aliphatic rings. The predicted molar refractivity (Wildman–Crippen MR) is 133 cm³/mol. The van der Waals surface area contributed by atoms with Gasteiger partial charge in [-0.15, -0.1) is 0 Å². The molecule has 1 saturated carbocycles. The second-order valence-corrected chi connectivity index (χ2v) is 10.0. The van der Waals surface area contributed by atoms with Gasteiger partial charge in [0, 0.05) is 24.9 Å². The molecule has 7 nitrogen and oxygen atoms in total. The molecular weight excluding hydrogens is 444 g/mol. The minimum Gasteiger partial charge on any atom is -0.480 e. The monoisotopic (exact) mass is 478 g/mol. The Morgan fingerprint density at radius 1 is 1.03 bits per heavy atom. The highest BCUT2D eigenvalue weighted by molar-refractivity contribution is 5.83. The van der Waals surface area contributed by atoms with Crippen molar-refractivity contribution in [2.24, 2.45) is 17.8 Å². The summed E-state index contributed by atoms with van der Waals surface area (Å²) < 4.78 is 5.62. The molecule has 0 radical (unpaired) electrons. The van der Waals surface area contributed by atoms with Gasteiger partial charge in [-0.25, -0.2) is 4.79 Å². The number of carbonyl (C=O) groups is 3. The van der Waals surface area contributed by atoms with Crippen molar-refractivity contribution < 1.29 is 24.2 Å². The molecule has 2 N–H and O–H groups in total. The normalized spacial score (nSPS) is 18.7.